The summed E-state index contributed by atoms with van der Waals surface area (Å²) in [5, 5.41) is 5.49. The normalized spacial score (nSPS) is 11.1. The molecule has 1 aromatic heterocycles. The third kappa shape index (κ3) is 5.19. The molecule has 0 atom stereocenters. The second-order valence-electron chi connectivity index (χ2n) is 6.06. The summed E-state index contributed by atoms with van der Waals surface area (Å²) in [5.74, 6) is -0.276. The molecule has 27 heavy (non-hydrogen) atoms. The van der Waals surface area contributed by atoms with Crippen LogP contribution < -0.4 is 10.6 Å². The van der Waals surface area contributed by atoms with E-state index in [1.807, 2.05) is 49.4 Å². The Labute approximate surface area is 157 Å². The van der Waals surface area contributed by atoms with Gasteiger partial charge in [-0.3, -0.25) is 9.59 Å². The Morgan fingerprint density at radius 1 is 0.963 bits per heavy atom. The molecule has 0 spiro atoms. The molecular weight excluding hydrogens is 340 g/mol. The van der Waals surface area contributed by atoms with E-state index >= 15 is 0 Å². The zero-order valence-corrected chi connectivity index (χ0v) is 14.9. The minimum absolute atomic E-state index is 0.117. The Bertz CT molecular complexity index is 927. The summed E-state index contributed by atoms with van der Waals surface area (Å²) in [4.78, 5) is 25.1. The summed E-state index contributed by atoms with van der Waals surface area (Å²) in [6.45, 7) is 2.30. The Kier molecular flexibility index (Phi) is 5.84. The number of benzene rings is 2. The smallest absolute Gasteiger partial charge is 0.268 e. The van der Waals surface area contributed by atoms with E-state index in [4.69, 9.17) is 4.42 Å². The van der Waals surface area contributed by atoms with Gasteiger partial charge in [0, 0.05) is 18.2 Å². The lowest BCUT2D eigenvalue weighted by Gasteiger charge is -2.11. The first-order valence-electron chi connectivity index (χ1n) is 8.57. The number of carbonyl (C=O) groups excluding carboxylic acids is 2. The van der Waals surface area contributed by atoms with Crippen LogP contribution in [0.25, 0.3) is 6.08 Å². The van der Waals surface area contributed by atoms with E-state index in [-0.39, 0.29) is 11.6 Å². The Morgan fingerprint density at radius 3 is 2.37 bits per heavy atom. The summed E-state index contributed by atoms with van der Waals surface area (Å²) < 4.78 is 5.27. The van der Waals surface area contributed by atoms with Crippen LogP contribution in [-0.2, 0) is 11.3 Å². The van der Waals surface area contributed by atoms with E-state index in [1.165, 1.54) is 12.3 Å². The molecule has 0 bridgehead atoms. The van der Waals surface area contributed by atoms with Crippen LogP contribution in [0.1, 0.15) is 27.2 Å². The number of nitrogens with one attached hydrogen (secondary N) is 2. The Morgan fingerprint density at radius 2 is 1.70 bits per heavy atom. The van der Waals surface area contributed by atoms with Crippen molar-refractivity contribution in [3.63, 3.8) is 0 Å². The van der Waals surface area contributed by atoms with Crippen LogP contribution >= 0.6 is 0 Å². The number of hydrogen-bond donors (Lipinski definition) is 2. The first-order valence-corrected chi connectivity index (χ1v) is 8.57. The maximum Gasteiger partial charge on any atom is 0.268 e. The van der Waals surface area contributed by atoms with E-state index in [2.05, 4.69) is 10.6 Å². The molecule has 0 unspecified atom stereocenters. The van der Waals surface area contributed by atoms with Crippen molar-refractivity contribution < 1.29 is 14.0 Å². The highest BCUT2D eigenvalue weighted by Crippen LogP contribution is 2.09. The summed E-state index contributed by atoms with van der Waals surface area (Å²) in [6, 6.07) is 20.1. The standard InChI is InChI=1S/C22H20N2O3/c1-16-9-11-18(12-10-16)21(25)24-20(14-19-8-5-13-27-19)22(26)23-15-17-6-3-2-4-7-17/h2-14H,15H2,1H3,(H,23,26)(H,24,25). The van der Waals surface area contributed by atoms with Gasteiger partial charge in [-0.15, -0.1) is 0 Å². The van der Waals surface area contributed by atoms with E-state index in [0.717, 1.165) is 11.1 Å². The molecule has 2 N–H and O–H groups in total. The predicted octanol–water partition coefficient (Wildman–Crippen LogP) is 3.68. The van der Waals surface area contributed by atoms with Crippen molar-refractivity contribution in [1.29, 1.82) is 0 Å². The predicted molar refractivity (Wildman–Crippen MR) is 104 cm³/mol. The van der Waals surface area contributed by atoms with E-state index in [0.29, 0.717) is 17.9 Å². The van der Waals surface area contributed by atoms with Crippen molar-refractivity contribution in [2.45, 2.75) is 13.5 Å². The number of furan rings is 1. The topological polar surface area (TPSA) is 71.3 Å². The molecule has 3 aromatic rings. The van der Waals surface area contributed by atoms with Gasteiger partial charge >= 0.3 is 0 Å². The molecular formula is C22H20N2O3. The van der Waals surface area contributed by atoms with Gasteiger partial charge in [0.25, 0.3) is 11.8 Å². The van der Waals surface area contributed by atoms with Crippen LogP contribution in [0.3, 0.4) is 0 Å². The van der Waals surface area contributed by atoms with Crippen molar-refractivity contribution in [1.82, 2.24) is 10.6 Å². The zero-order valence-electron chi connectivity index (χ0n) is 14.9. The van der Waals surface area contributed by atoms with Gasteiger partial charge in [0.1, 0.15) is 11.5 Å². The van der Waals surface area contributed by atoms with Crippen LogP contribution in [0, 0.1) is 6.92 Å². The highest BCUT2D eigenvalue weighted by atomic mass is 16.3. The van der Waals surface area contributed by atoms with E-state index in [1.54, 1.807) is 24.3 Å². The summed E-state index contributed by atoms with van der Waals surface area (Å²) in [6.07, 6.45) is 3.01. The number of hydrogen-bond acceptors (Lipinski definition) is 3. The van der Waals surface area contributed by atoms with E-state index in [9.17, 15) is 9.59 Å². The minimum Gasteiger partial charge on any atom is -0.465 e. The quantitative estimate of drug-likeness (QED) is 0.659. The van der Waals surface area contributed by atoms with Crippen molar-refractivity contribution >= 4 is 17.9 Å². The first kappa shape index (κ1) is 18.2. The highest BCUT2D eigenvalue weighted by molar-refractivity contribution is 6.05. The number of carbonyl (C=O) groups is 2. The number of aryl methyl sites for hydroxylation is 1. The Balaban J connectivity index is 1.75. The van der Waals surface area contributed by atoms with Crippen molar-refractivity contribution in [2.75, 3.05) is 0 Å². The molecule has 1 heterocycles. The van der Waals surface area contributed by atoms with Gasteiger partial charge in [0.05, 0.1) is 6.26 Å². The molecule has 0 saturated carbocycles. The molecule has 2 amide bonds. The van der Waals surface area contributed by atoms with Crippen LogP contribution in [0.5, 0.6) is 0 Å². The fraction of sp³-hybridized carbons (Fsp3) is 0.0909. The van der Waals surface area contributed by atoms with Crippen LogP contribution in [0.2, 0.25) is 0 Å². The van der Waals surface area contributed by atoms with Crippen LogP contribution in [0.15, 0.2) is 83.1 Å². The molecule has 3 rings (SSSR count). The molecule has 0 fully saturated rings. The van der Waals surface area contributed by atoms with Crippen molar-refractivity contribution in [3.8, 4) is 0 Å². The molecule has 136 valence electrons. The lowest BCUT2D eigenvalue weighted by Crippen LogP contribution is -2.34. The van der Waals surface area contributed by atoms with Crippen LogP contribution in [-0.4, -0.2) is 11.8 Å². The van der Waals surface area contributed by atoms with Gasteiger partial charge in [-0.1, -0.05) is 48.0 Å². The Hall–Kier alpha value is -3.60. The van der Waals surface area contributed by atoms with Crippen LogP contribution in [0.4, 0.5) is 0 Å². The van der Waals surface area contributed by atoms with E-state index < -0.39 is 5.91 Å². The van der Waals surface area contributed by atoms with Crippen molar-refractivity contribution in [3.05, 3.63) is 101 Å². The first-order chi connectivity index (χ1) is 13.1. The number of rotatable bonds is 6. The second-order valence-corrected chi connectivity index (χ2v) is 6.06. The van der Waals surface area contributed by atoms with Crippen molar-refractivity contribution in [2.24, 2.45) is 0 Å². The third-order valence-corrected chi connectivity index (χ3v) is 3.93. The summed E-state index contributed by atoms with van der Waals surface area (Å²) >= 11 is 0. The average molecular weight is 360 g/mol. The van der Waals surface area contributed by atoms with Gasteiger partial charge < -0.3 is 15.1 Å². The average Bonchev–Trinajstić information content (AvgIpc) is 3.20. The maximum atomic E-state index is 12.6. The molecule has 5 nitrogen and oxygen atoms in total. The zero-order chi connectivity index (χ0) is 19.1. The third-order valence-electron chi connectivity index (χ3n) is 3.93. The van der Waals surface area contributed by atoms with Gasteiger partial charge in [0.2, 0.25) is 0 Å². The SMILES string of the molecule is Cc1ccc(C(=O)NC(=Cc2ccco2)C(=O)NCc2ccccc2)cc1. The number of amides is 2. The molecule has 0 aliphatic carbocycles. The second kappa shape index (κ2) is 8.67. The fourth-order valence-corrected chi connectivity index (χ4v) is 2.45. The molecule has 0 radical (unpaired) electrons. The molecule has 0 saturated heterocycles. The van der Waals surface area contributed by atoms with Gasteiger partial charge in [-0.05, 0) is 36.8 Å². The molecule has 2 aromatic carbocycles. The summed E-state index contributed by atoms with van der Waals surface area (Å²) in [7, 11) is 0. The largest absolute Gasteiger partial charge is 0.465 e. The molecule has 5 heteroatoms. The summed E-state index contributed by atoms with van der Waals surface area (Å²) in [5.41, 5.74) is 2.61. The lowest BCUT2D eigenvalue weighted by atomic mass is 10.1. The van der Waals surface area contributed by atoms with Gasteiger partial charge in [-0.25, -0.2) is 0 Å². The fourth-order valence-electron chi connectivity index (χ4n) is 2.45. The van der Waals surface area contributed by atoms with Gasteiger partial charge in [-0.2, -0.15) is 0 Å². The highest BCUT2D eigenvalue weighted by Gasteiger charge is 2.15. The lowest BCUT2D eigenvalue weighted by molar-refractivity contribution is -0.117. The monoisotopic (exact) mass is 360 g/mol. The van der Waals surface area contributed by atoms with Gasteiger partial charge in [0.15, 0.2) is 0 Å². The minimum atomic E-state index is -0.393. The molecule has 0 aliphatic heterocycles. The maximum absolute atomic E-state index is 12.6. The molecule has 0 aliphatic rings.